The third-order valence-corrected chi connectivity index (χ3v) is 1.13. The van der Waals surface area contributed by atoms with E-state index in [2.05, 4.69) is 5.73 Å². The summed E-state index contributed by atoms with van der Waals surface area (Å²) in [6.45, 7) is 1.86. The van der Waals surface area contributed by atoms with Crippen LogP contribution in [0, 0.1) is 0 Å². The number of rotatable bonds is 2. The number of hydrogen-bond donors (Lipinski definition) is 2. The van der Waals surface area contributed by atoms with Gasteiger partial charge in [-0.3, -0.25) is 4.79 Å². The number of aliphatic hydroxyl groups is 1. The standard InChI is InChI=1S/C7H9F2NO2/c1-3(8)5(7(10)12)6(9)4(2)11/h11H,1-2H3,(H2,10,12)/b5-3-,6-4-. The lowest BCUT2D eigenvalue weighted by Gasteiger charge is -2.00. The van der Waals surface area contributed by atoms with Crippen molar-refractivity contribution in [1.29, 1.82) is 0 Å². The molecule has 0 aliphatic carbocycles. The molecule has 0 bridgehead atoms. The monoisotopic (exact) mass is 177 g/mol. The number of carbonyl (C=O) groups is 1. The highest BCUT2D eigenvalue weighted by Gasteiger charge is 2.17. The summed E-state index contributed by atoms with van der Waals surface area (Å²) in [5.74, 6) is -4.42. The van der Waals surface area contributed by atoms with E-state index in [1.54, 1.807) is 0 Å². The Hall–Kier alpha value is -1.39. The second kappa shape index (κ2) is 3.85. The van der Waals surface area contributed by atoms with Crippen LogP contribution in [0.4, 0.5) is 8.78 Å². The van der Waals surface area contributed by atoms with Gasteiger partial charge in [-0.2, -0.15) is 0 Å². The van der Waals surface area contributed by atoms with Crippen LogP contribution in [0.2, 0.25) is 0 Å². The number of aliphatic hydroxyl groups excluding tert-OH is 1. The van der Waals surface area contributed by atoms with Crippen molar-refractivity contribution >= 4 is 5.91 Å². The van der Waals surface area contributed by atoms with Gasteiger partial charge in [-0.05, 0) is 13.8 Å². The fourth-order valence-corrected chi connectivity index (χ4v) is 0.610. The molecule has 1 amide bonds. The van der Waals surface area contributed by atoms with Gasteiger partial charge in [0.25, 0.3) is 5.91 Å². The molecule has 0 aliphatic rings. The summed E-state index contributed by atoms with van der Waals surface area (Å²) in [6.07, 6.45) is 0. The molecule has 0 aliphatic heterocycles. The minimum Gasteiger partial charge on any atom is -0.510 e. The van der Waals surface area contributed by atoms with Gasteiger partial charge in [-0.15, -0.1) is 0 Å². The summed E-state index contributed by atoms with van der Waals surface area (Å²) in [7, 11) is 0. The maximum absolute atomic E-state index is 12.7. The molecule has 0 atom stereocenters. The molecule has 3 nitrogen and oxygen atoms in total. The largest absolute Gasteiger partial charge is 0.510 e. The normalized spacial score (nSPS) is 15.0. The minimum absolute atomic E-state index is 0.777. The van der Waals surface area contributed by atoms with Gasteiger partial charge in [-0.1, -0.05) is 0 Å². The lowest BCUT2D eigenvalue weighted by molar-refractivity contribution is -0.114. The summed E-state index contributed by atoms with van der Waals surface area (Å²) >= 11 is 0. The van der Waals surface area contributed by atoms with E-state index in [0.717, 1.165) is 13.8 Å². The van der Waals surface area contributed by atoms with Gasteiger partial charge in [0.15, 0.2) is 5.83 Å². The van der Waals surface area contributed by atoms with Gasteiger partial charge >= 0.3 is 0 Å². The zero-order valence-electron chi connectivity index (χ0n) is 6.69. The van der Waals surface area contributed by atoms with Crippen molar-refractivity contribution < 1.29 is 18.7 Å². The summed E-state index contributed by atoms with van der Waals surface area (Å²) in [6, 6.07) is 0. The van der Waals surface area contributed by atoms with Crippen LogP contribution in [0.1, 0.15) is 13.8 Å². The Morgan fingerprint density at radius 1 is 1.33 bits per heavy atom. The first kappa shape index (κ1) is 10.6. The van der Waals surface area contributed by atoms with Crippen LogP contribution < -0.4 is 5.73 Å². The second-order valence-corrected chi connectivity index (χ2v) is 2.17. The zero-order chi connectivity index (χ0) is 9.89. The van der Waals surface area contributed by atoms with Crippen molar-refractivity contribution in [2.24, 2.45) is 5.73 Å². The quantitative estimate of drug-likeness (QED) is 0.381. The molecule has 0 spiro atoms. The topological polar surface area (TPSA) is 63.3 Å². The van der Waals surface area contributed by atoms with Crippen molar-refractivity contribution in [3.05, 3.63) is 23.0 Å². The number of hydrogen-bond acceptors (Lipinski definition) is 2. The van der Waals surface area contributed by atoms with Crippen LogP contribution in [0.25, 0.3) is 0 Å². The molecule has 0 saturated carbocycles. The third-order valence-electron chi connectivity index (χ3n) is 1.13. The Labute approximate surface area is 68.2 Å². The first-order chi connectivity index (χ1) is 5.37. The Morgan fingerprint density at radius 3 is 1.83 bits per heavy atom. The van der Waals surface area contributed by atoms with Crippen LogP contribution in [0.3, 0.4) is 0 Å². The molecule has 0 saturated heterocycles. The average molecular weight is 177 g/mol. The summed E-state index contributed by atoms with van der Waals surface area (Å²) in [4.78, 5) is 10.4. The number of nitrogens with two attached hydrogens (primary N) is 1. The van der Waals surface area contributed by atoms with Crippen LogP contribution in [0.5, 0.6) is 0 Å². The Morgan fingerprint density at radius 2 is 1.75 bits per heavy atom. The van der Waals surface area contributed by atoms with E-state index in [4.69, 9.17) is 5.11 Å². The predicted molar refractivity (Wildman–Crippen MR) is 39.4 cm³/mol. The lowest BCUT2D eigenvalue weighted by atomic mass is 10.2. The first-order valence-corrected chi connectivity index (χ1v) is 3.09. The SMILES string of the molecule is C/C(O)=C(F)\C(C(N)=O)=C(/C)F. The zero-order valence-corrected chi connectivity index (χ0v) is 6.69. The minimum atomic E-state index is -1.33. The summed E-state index contributed by atoms with van der Waals surface area (Å²) < 4.78 is 25.1. The van der Waals surface area contributed by atoms with Crippen molar-refractivity contribution in [1.82, 2.24) is 0 Å². The number of primary amides is 1. The molecular weight excluding hydrogens is 168 g/mol. The second-order valence-electron chi connectivity index (χ2n) is 2.17. The fourth-order valence-electron chi connectivity index (χ4n) is 0.610. The van der Waals surface area contributed by atoms with Gasteiger partial charge in [0.1, 0.15) is 17.2 Å². The maximum atomic E-state index is 12.7. The van der Waals surface area contributed by atoms with Gasteiger partial charge in [0.05, 0.1) is 0 Å². The number of carbonyl (C=O) groups excluding carboxylic acids is 1. The highest BCUT2D eigenvalue weighted by atomic mass is 19.1. The lowest BCUT2D eigenvalue weighted by Crippen LogP contribution is -2.16. The average Bonchev–Trinajstić information content (AvgIpc) is 1.85. The molecule has 0 aromatic rings. The maximum Gasteiger partial charge on any atom is 0.254 e. The van der Waals surface area contributed by atoms with E-state index < -0.39 is 28.9 Å². The smallest absolute Gasteiger partial charge is 0.254 e. The molecular formula is C7H9F2NO2. The summed E-state index contributed by atoms with van der Waals surface area (Å²) in [5.41, 5.74) is 3.73. The van der Waals surface area contributed by atoms with E-state index in [9.17, 15) is 13.6 Å². The van der Waals surface area contributed by atoms with E-state index in [-0.39, 0.29) is 0 Å². The summed E-state index contributed by atoms with van der Waals surface area (Å²) in [5, 5.41) is 8.59. The van der Waals surface area contributed by atoms with E-state index >= 15 is 0 Å². The molecule has 0 unspecified atom stereocenters. The molecule has 0 rings (SSSR count). The van der Waals surface area contributed by atoms with Gasteiger partial charge in [0.2, 0.25) is 0 Å². The number of halogens is 2. The van der Waals surface area contributed by atoms with Crippen molar-refractivity contribution in [3.63, 3.8) is 0 Å². The van der Waals surface area contributed by atoms with Gasteiger partial charge in [-0.25, -0.2) is 8.78 Å². The van der Waals surface area contributed by atoms with Crippen molar-refractivity contribution in [2.75, 3.05) is 0 Å². The molecule has 12 heavy (non-hydrogen) atoms. The Bertz CT molecular complexity index is 261. The highest BCUT2D eigenvalue weighted by molar-refractivity contribution is 5.96. The molecule has 68 valence electrons. The van der Waals surface area contributed by atoms with Crippen molar-refractivity contribution in [3.8, 4) is 0 Å². The molecule has 3 N–H and O–H groups in total. The fraction of sp³-hybridized carbons (Fsp3) is 0.286. The van der Waals surface area contributed by atoms with Crippen LogP contribution in [-0.2, 0) is 4.79 Å². The predicted octanol–water partition coefficient (Wildman–Crippen LogP) is 1.47. The van der Waals surface area contributed by atoms with Crippen LogP contribution in [-0.4, -0.2) is 11.0 Å². The van der Waals surface area contributed by atoms with E-state index in [0.29, 0.717) is 0 Å². The van der Waals surface area contributed by atoms with Gasteiger partial charge < -0.3 is 10.8 Å². The van der Waals surface area contributed by atoms with Crippen LogP contribution >= 0.6 is 0 Å². The Kier molecular flexibility index (Phi) is 3.40. The molecule has 0 fully saturated rings. The third kappa shape index (κ3) is 2.34. The first-order valence-electron chi connectivity index (χ1n) is 3.09. The van der Waals surface area contributed by atoms with Gasteiger partial charge in [0, 0.05) is 0 Å². The van der Waals surface area contributed by atoms with E-state index in [1.165, 1.54) is 0 Å². The van der Waals surface area contributed by atoms with Crippen molar-refractivity contribution in [2.45, 2.75) is 13.8 Å². The molecule has 0 aromatic heterocycles. The van der Waals surface area contributed by atoms with E-state index in [1.807, 2.05) is 0 Å². The molecule has 5 heteroatoms. The Balaban J connectivity index is 5.21. The van der Waals surface area contributed by atoms with Crippen LogP contribution in [0.15, 0.2) is 23.0 Å². The number of allylic oxidation sites excluding steroid dienone is 2. The highest BCUT2D eigenvalue weighted by Crippen LogP contribution is 2.19. The molecule has 0 heterocycles. The molecule has 0 radical (unpaired) electrons. The number of amides is 1. The molecule has 0 aromatic carbocycles.